The van der Waals surface area contributed by atoms with E-state index in [0.29, 0.717) is 0 Å². The van der Waals surface area contributed by atoms with Gasteiger partial charge in [0.15, 0.2) is 0 Å². The molecule has 2 rings (SSSR count). The van der Waals surface area contributed by atoms with Gasteiger partial charge in [0.05, 0.1) is 12.4 Å². The highest BCUT2D eigenvalue weighted by Crippen LogP contribution is 1.79. The Morgan fingerprint density at radius 1 is 0.818 bits per heavy atom. The van der Waals surface area contributed by atoms with Crippen molar-refractivity contribution in [1.82, 2.24) is 19.2 Å². The third-order valence-electron chi connectivity index (χ3n) is 0.565. The van der Waals surface area contributed by atoms with Gasteiger partial charge in [-0.2, -0.15) is 0 Å². The fourth-order valence-corrected chi connectivity index (χ4v) is 0.816. The summed E-state index contributed by atoms with van der Waals surface area (Å²) in [5.74, 6) is 0. The first-order valence-electron chi connectivity index (χ1n) is 2.42. The summed E-state index contributed by atoms with van der Waals surface area (Å²) in [7, 11) is 0. The largest absolute Gasteiger partial charge is 0.412 e. The SMILES string of the molecule is O.c1csnn1.c1csnn1. The van der Waals surface area contributed by atoms with Gasteiger partial charge in [0.2, 0.25) is 0 Å². The van der Waals surface area contributed by atoms with Crippen LogP contribution in [0.25, 0.3) is 0 Å². The van der Waals surface area contributed by atoms with E-state index in [4.69, 9.17) is 0 Å². The Morgan fingerprint density at radius 3 is 1.36 bits per heavy atom. The molecule has 0 spiro atoms. The van der Waals surface area contributed by atoms with Crippen LogP contribution in [-0.4, -0.2) is 24.7 Å². The molecule has 0 saturated carbocycles. The normalized spacial score (nSPS) is 7.27. The van der Waals surface area contributed by atoms with Crippen LogP contribution in [0.3, 0.4) is 0 Å². The third-order valence-corrected chi connectivity index (χ3v) is 1.43. The third kappa shape index (κ3) is 5.52. The van der Waals surface area contributed by atoms with E-state index in [1.807, 2.05) is 10.8 Å². The van der Waals surface area contributed by atoms with Crippen molar-refractivity contribution in [3.05, 3.63) is 23.2 Å². The monoisotopic (exact) mass is 190 g/mol. The van der Waals surface area contributed by atoms with E-state index in [-0.39, 0.29) is 5.48 Å². The van der Waals surface area contributed by atoms with Crippen LogP contribution in [0, 0.1) is 0 Å². The molecule has 0 fully saturated rings. The minimum absolute atomic E-state index is 0. The van der Waals surface area contributed by atoms with Gasteiger partial charge < -0.3 is 5.48 Å². The number of hydrogen-bond acceptors (Lipinski definition) is 6. The Hall–Kier alpha value is -0.920. The maximum Gasteiger partial charge on any atom is 0.0620 e. The van der Waals surface area contributed by atoms with Gasteiger partial charge >= 0.3 is 0 Å². The molecule has 11 heavy (non-hydrogen) atoms. The molecule has 0 amide bonds. The Morgan fingerprint density at radius 2 is 1.27 bits per heavy atom. The first kappa shape index (κ1) is 10.1. The smallest absolute Gasteiger partial charge is 0.0620 e. The predicted molar refractivity (Wildman–Crippen MR) is 43.4 cm³/mol. The second-order valence-electron chi connectivity index (χ2n) is 1.18. The molecule has 2 aromatic rings. The summed E-state index contributed by atoms with van der Waals surface area (Å²) in [4.78, 5) is 0. The Labute approximate surface area is 71.4 Å². The van der Waals surface area contributed by atoms with Crippen LogP contribution in [0.15, 0.2) is 23.2 Å². The summed E-state index contributed by atoms with van der Waals surface area (Å²) < 4.78 is 7.03. The maximum absolute atomic E-state index is 3.51. The zero-order valence-electron chi connectivity index (χ0n) is 5.41. The average Bonchev–Trinajstić information content (AvgIpc) is 2.67. The summed E-state index contributed by atoms with van der Waals surface area (Å²) in [6.45, 7) is 0. The molecule has 2 N–H and O–H groups in total. The van der Waals surface area contributed by atoms with Crippen LogP contribution in [0.2, 0.25) is 0 Å². The maximum atomic E-state index is 3.51. The second kappa shape index (κ2) is 7.19. The molecule has 0 atom stereocenters. The molecule has 0 aromatic carbocycles. The Kier molecular flexibility index (Phi) is 6.59. The zero-order chi connectivity index (χ0) is 7.07. The summed E-state index contributed by atoms with van der Waals surface area (Å²) in [5.41, 5.74) is 0. The molecule has 0 saturated heterocycles. The van der Waals surface area contributed by atoms with Crippen LogP contribution in [-0.2, 0) is 0 Å². The van der Waals surface area contributed by atoms with Crippen molar-refractivity contribution >= 4 is 23.1 Å². The molecule has 0 aliphatic heterocycles. The lowest BCUT2D eigenvalue weighted by molar-refractivity contribution is 0.824. The van der Waals surface area contributed by atoms with E-state index in [0.717, 1.165) is 0 Å². The molecule has 0 bridgehead atoms. The molecular formula is C4H6N4OS2. The number of rotatable bonds is 0. The van der Waals surface area contributed by atoms with Crippen molar-refractivity contribution in [2.75, 3.05) is 0 Å². The quantitative estimate of drug-likeness (QED) is 0.596. The van der Waals surface area contributed by atoms with Crippen molar-refractivity contribution in [2.24, 2.45) is 0 Å². The van der Waals surface area contributed by atoms with Gasteiger partial charge in [-0.25, -0.2) is 0 Å². The van der Waals surface area contributed by atoms with Crippen LogP contribution in [0.5, 0.6) is 0 Å². The number of nitrogens with zero attached hydrogens (tertiary/aromatic N) is 4. The van der Waals surface area contributed by atoms with Gasteiger partial charge in [-0.1, -0.05) is 8.98 Å². The van der Waals surface area contributed by atoms with E-state index in [2.05, 4.69) is 19.2 Å². The topological polar surface area (TPSA) is 83.1 Å². The van der Waals surface area contributed by atoms with Crippen LogP contribution < -0.4 is 0 Å². The minimum atomic E-state index is 0. The van der Waals surface area contributed by atoms with Crippen molar-refractivity contribution < 1.29 is 5.48 Å². The fraction of sp³-hybridized carbons (Fsp3) is 0. The molecule has 0 unspecified atom stereocenters. The van der Waals surface area contributed by atoms with E-state index >= 15 is 0 Å². The number of hydrogen-bond donors (Lipinski definition) is 0. The highest BCUT2D eigenvalue weighted by molar-refractivity contribution is 7.03. The lowest BCUT2D eigenvalue weighted by atomic mass is 11.1. The van der Waals surface area contributed by atoms with Gasteiger partial charge in [0, 0.05) is 10.8 Å². The molecule has 60 valence electrons. The molecule has 2 heterocycles. The molecule has 7 heteroatoms. The average molecular weight is 190 g/mol. The summed E-state index contributed by atoms with van der Waals surface area (Å²) in [5, 5.41) is 10.6. The predicted octanol–water partition coefficient (Wildman–Crippen LogP) is 0.252. The fourth-order valence-electron chi connectivity index (χ4n) is 0.272. The van der Waals surface area contributed by atoms with E-state index in [1.165, 1.54) is 23.1 Å². The van der Waals surface area contributed by atoms with Crippen molar-refractivity contribution in [3.8, 4) is 0 Å². The van der Waals surface area contributed by atoms with E-state index in [1.54, 1.807) is 12.4 Å². The van der Waals surface area contributed by atoms with Crippen molar-refractivity contribution in [1.29, 1.82) is 0 Å². The molecule has 2 aromatic heterocycles. The van der Waals surface area contributed by atoms with E-state index < -0.39 is 0 Å². The van der Waals surface area contributed by atoms with Crippen LogP contribution >= 0.6 is 23.1 Å². The first-order chi connectivity index (χ1) is 5.00. The molecular weight excluding hydrogens is 184 g/mol. The molecule has 0 radical (unpaired) electrons. The van der Waals surface area contributed by atoms with Gasteiger partial charge in [-0.15, -0.1) is 10.2 Å². The molecule has 0 aliphatic carbocycles. The van der Waals surface area contributed by atoms with Crippen LogP contribution in [0.1, 0.15) is 0 Å². The molecule has 0 aliphatic rings. The van der Waals surface area contributed by atoms with Gasteiger partial charge in [0.25, 0.3) is 0 Å². The lowest BCUT2D eigenvalue weighted by Crippen LogP contribution is -1.51. The summed E-state index contributed by atoms with van der Waals surface area (Å²) >= 11 is 2.70. The van der Waals surface area contributed by atoms with Crippen molar-refractivity contribution in [3.63, 3.8) is 0 Å². The molecule has 5 nitrogen and oxygen atoms in total. The second-order valence-corrected chi connectivity index (χ2v) is 2.47. The van der Waals surface area contributed by atoms with Crippen molar-refractivity contribution in [2.45, 2.75) is 0 Å². The Balaban J connectivity index is 0.000000167. The van der Waals surface area contributed by atoms with E-state index in [9.17, 15) is 0 Å². The Bertz CT molecular complexity index is 159. The minimum Gasteiger partial charge on any atom is -0.412 e. The highest BCUT2D eigenvalue weighted by Gasteiger charge is 1.61. The zero-order valence-corrected chi connectivity index (χ0v) is 7.05. The van der Waals surface area contributed by atoms with Gasteiger partial charge in [-0.05, 0) is 23.1 Å². The lowest BCUT2D eigenvalue weighted by Gasteiger charge is -1.40. The standard InChI is InChI=1S/2C2H2N2S.H2O/c2*1-2-5-4-3-1;/h2*1-2H;1H2. The van der Waals surface area contributed by atoms with Crippen LogP contribution in [0.4, 0.5) is 0 Å². The first-order valence-corrected chi connectivity index (χ1v) is 4.09. The summed E-state index contributed by atoms with van der Waals surface area (Å²) in [6.07, 6.45) is 3.31. The summed E-state index contributed by atoms with van der Waals surface area (Å²) in [6, 6.07) is 0. The number of aromatic nitrogens is 4. The highest BCUT2D eigenvalue weighted by atomic mass is 32.1. The van der Waals surface area contributed by atoms with Gasteiger partial charge in [-0.3, -0.25) is 0 Å². The van der Waals surface area contributed by atoms with Gasteiger partial charge in [0.1, 0.15) is 0 Å².